The fourth-order valence-electron chi connectivity index (χ4n) is 1.96. The van der Waals surface area contributed by atoms with Gasteiger partial charge in [-0.3, -0.25) is 4.98 Å². The summed E-state index contributed by atoms with van der Waals surface area (Å²) in [5, 5.41) is 3.36. The molecule has 2 nitrogen and oxygen atoms in total. The molecule has 0 aliphatic rings. The Morgan fingerprint density at radius 1 is 1.33 bits per heavy atom. The molecule has 0 spiro atoms. The largest absolute Gasteiger partial charge is 0.311 e. The van der Waals surface area contributed by atoms with Gasteiger partial charge in [-0.1, -0.05) is 26.7 Å². The predicted octanol–water partition coefficient (Wildman–Crippen LogP) is 3.54. The summed E-state index contributed by atoms with van der Waals surface area (Å²) in [6, 6.07) is 4.51. The third kappa shape index (κ3) is 3.28. The maximum absolute atomic E-state index is 4.46. The SMILES string of the molecule is CCC(CC)C(NC)c1ccc(Br)cn1. The number of pyridine rings is 1. The molecular weight excluding hydrogens is 252 g/mol. The molecule has 0 saturated carbocycles. The average Bonchev–Trinajstić information content (AvgIpc) is 2.27. The summed E-state index contributed by atoms with van der Waals surface area (Å²) in [4.78, 5) is 4.46. The van der Waals surface area contributed by atoms with Crippen molar-refractivity contribution in [2.45, 2.75) is 32.7 Å². The monoisotopic (exact) mass is 270 g/mol. The van der Waals surface area contributed by atoms with Gasteiger partial charge in [0.2, 0.25) is 0 Å². The van der Waals surface area contributed by atoms with Gasteiger partial charge in [0.25, 0.3) is 0 Å². The van der Waals surface area contributed by atoms with Crippen LogP contribution in [0.3, 0.4) is 0 Å². The Balaban J connectivity index is 2.86. The summed E-state index contributed by atoms with van der Waals surface area (Å²) < 4.78 is 1.03. The highest BCUT2D eigenvalue weighted by Crippen LogP contribution is 2.26. The number of hydrogen-bond donors (Lipinski definition) is 1. The Kier molecular flexibility index (Phi) is 5.26. The topological polar surface area (TPSA) is 24.9 Å². The third-order valence-electron chi connectivity index (χ3n) is 2.90. The van der Waals surface area contributed by atoms with E-state index in [2.05, 4.69) is 52.2 Å². The predicted molar refractivity (Wildman–Crippen MR) is 67.8 cm³/mol. The van der Waals surface area contributed by atoms with Crippen LogP contribution < -0.4 is 5.32 Å². The van der Waals surface area contributed by atoms with Gasteiger partial charge in [0.1, 0.15) is 0 Å². The molecule has 1 heterocycles. The van der Waals surface area contributed by atoms with E-state index >= 15 is 0 Å². The molecule has 0 aliphatic carbocycles. The summed E-state index contributed by atoms with van der Waals surface area (Å²) in [7, 11) is 2.01. The third-order valence-corrected chi connectivity index (χ3v) is 3.37. The normalized spacial score (nSPS) is 13.1. The highest BCUT2D eigenvalue weighted by Gasteiger charge is 2.19. The number of hydrogen-bond acceptors (Lipinski definition) is 2. The lowest BCUT2D eigenvalue weighted by Gasteiger charge is -2.24. The van der Waals surface area contributed by atoms with Crippen molar-refractivity contribution in [3.05, 3.63) is 28.5 Å². The van der Waals surface area contributed by atoms with E-state index in [9.17, 15) is 0 Å². The second-order valence-electron chi connectivity index (χ2n) is 3.74. The van der Waals surface area contributed by atoms with Gasteiger partial charge >= 0.3 is 0 Å². The second kappa shape index (κ2) is 6.23. The van der Waals surface area contributed by atoms with Crippen molar-refractivity contribution in [3.63, 3.8) is 0 Å². The number of aromatic nitrogens is 1. The minimum absolute atomic E-state index is 0.369. The van der Waals surface area contributed by atoms with E-state index < -0.39 is 0 Å². The van der Waals surface area contributed by atoms with E-state index in [1.165, 1.54) is 12.8 Å². The van der Waals surface area contributed by atoms with Crippen LogP contribution in [0.5, 0.6) is 0 Å². The smallest absolute Gasteiger partial charge is 0.0576 e. The lowest BCUT2D eigenvalue weighted by atomic mass is 9.92. The molecule has 0 saturated heterocycles. The van der Waals surface area contributed by atoms with Crippen LogP contribution in [0.4, 0.5) is 0 Å². The molecule has 0 amide bonds. The number of nitrogens with zero attached hydrogens (tertiary/aromatic N) is 1. The molecule has 0 aliphatic heterocycles. The summed E-state index contributed by atoms with van der Waals surface area (Å²) in [5.41, 5.74) is 1.13. The van der Waals surface area contributed by atoms with Crippen LogP contribution in [0.15, 0.2) is 22.8 Å². The molecule has 1 aromatic rings. The van der Waals surface area contributed by atoms with E-state index in [0.717, 1.165) is 10.2 Å². The van der Waals surface area contributed by atoms with Crippen LogP contribution >= 0.6 is 15.9 Å². The van der Waals surface area contributed by atoms with Crippen molar-refractivity contribution >= 4 is 15.9 Å². The molecule has 1 aromatic heterocycles. The minimum atomic E-state index is 0.369. The van der Waals surface area contributed by atoms with Crippen LogP contribution in [0, 0.1) is 5.92 Å². The summed E-state index contributed by atoms with van der Waals surface area (Å²) in [6.45, 7) is 4.47. The zero-order chi connectivity index (χ0) is 11.3. The first-order chi connectivity index (χ1) is 7.22. The number of rotatable bonds is 5. The Morgan fingerprint density at radius 2 is 2.00 bits per heavy atom. The molecule has 0 radical (unpaired) electrons. The molecule has 84 valence electrons. The molecule has 1 atom stereocenters. The highest BCUT2D eigenvalue weighted by atomic mass is 79.9. The Morgan fingerprint density at radius 3 is 2.40 bits per heavy atom. The standard InChI is InChI=1S/C12H19BrN2/c1-4-9(5-2)12(14-3)11-7-6-10(13)8-15-11/h6-9,12,14H,4-5H2,1-3H3. The zero-order valence-electron chi connectivity index (χ0n) is 9.63. The van der Waals surface area contributed by atoms with Crippen LogP contribution in [0.2, 0.25) is 0 Å². The van der Waals surface area contributed by atoms with Crippen molar-refractivity contribution in [2.24, 2.45) is 5.92 Å². The van der Waals surface area contributed by atoms with Crippen LogP contribution in [-0.2, 0) is 0 Å². The molecular formula is C12H19BrN2. The summed E-state index contributed by atoms with van der Waals surface area (Å²) >= 11 is 3.40. The first-order valence-corrected chi connectivity index (χ1v) is 6.30. The van der Waals surface area contributed by atoms with E-state index in [4.69, 9.17) is 0 Å². The lowest BCUT2D eigenvalue weighted by Crippen LogP contribution is -2.25. The van der Waals surface area contributed by atoms with Gasteiger partial charge in [-0.05, 0) is 41.0 Å². The van der Waals surface area contributed by atoms with Gasteiger partial charge in [-0.15, -0.1) is 0 Å². The van der Waals surface area contributed by atoms with Crippen molar-refractivity contribution in [2.75, 3.05) is 7.05 Å². The molecule has 1 rings (SSSR count). The van der Waals surface area contributed by atoms with Crippen molar-refractivity contribution in [1.29, 1.82) is 0 Å². The van der Waals surface area contributed by atoms with E-state index in [1.54, 1.807) is 0 Å². The molecule has 15 heavy (non-hydrogen) atoms. The van der Waals surface area contributed by atoms with Crippen LogP contribution in [-0.4, -0.2) is 12.0 Å². The van der Waals surface area contributed by atoms with Gasteiger partial charge in [-0.2, -0.15) is 0 Å². The Labute approximate surface area is 101 Å². The van der Waals surface area contributed by atoms with Gasteiger partial charge in [0, 0.05) is 10.7 Å². The first kappa shape index (κ1) is 12.7. The molecule has 0 aromatic carbocycles. The van der Waals surface area contributed by atoms with E-state index in [1.807, 2.05) is 13.2 Å². The molecule has 0 bridgehead atoms. The molecule has 1 N–H and O–H groups in total. The van der Waals surface area contributed by atoms with Crippen molar-refractivity contribution < 1.29 is 0 Å². The zero-order valence-corrected chi connectivity index (χ0v) is 11.2. The molecule has 1 unspecified atom stereocenters. The van der Waals surface area contributed by atoms with Gasteiger partial charge in [0.15, 0.2) is 0 Å². The molecule has 0 fully saturated rings. The quantitative estimate of drug-likeness (QED) is 0.886. The first-order valence-electron chi connectivity index (χ1n) is 5.51. The van der Waals surface area contributed by atoms with E-state index in [-0.39, 0.29) is 0 Å². The van der Waals surface area contributed by atoms with Crippen molar-refractivity contribution in [1.82, 2.24) is 10.3 Å². The maximum Gasteiger partial charge on any atom is 0.0576 e. The van der Waals surface area contributed by atoms with Gasteiger partial charge in [-0.25, -0.2) is 0 Å². The van der Waals surface area contributed by atoms with Gasteiger partial charge in [0.05, 0.1) is 11.7 Å². The number of halogens is 1. The molecule has 3 heteroatoms. The minimum Gasteiger partial charge on any atom is -0.311 e. The second-order valence-corrected chi connectivity index (χ2v) is 4.66. The lowest BCUT2D eigenvalue weighted by molar-refractivity contribution is 0.353. The summed E-state index contributed by atoms with van der Waals surface area (Å²) in [5.74, 6) is 0.656. The average molecular weight is 271 g/mol. The Hall–Kier alpha value is -0.410. The number of nitrogens with one attached hydrogen (secondary N) is 1. The Bertz CT molecular complexity index is 280. The van der Waals surface area contributed by atoms with Crippen molar-refractivity contribution in [3.8, 4) is 0 Å². The van der Waals surface area contributed by atoms with Gasteiger partial charge < -0.3 is 5.32 Å². The fourth-order valence-corrected chi connectivity index (χ4v) is 2.19. The van der Waals surface area contributed by atoms with Crippen LogP contribution in [0.25, 0.3) is 0 Å². The maximum atomic E-state index is 4.46. The van der Waals surface area contributed by atoms with Crippen LogP contribution in [0.1, 0.15) is 38.4 Å². The summed E-state index contributed by atoms with van der Waals surface area (Å²) in [6.07, 6.45) is 4.22. The fraction of sp³-hybridized carbons (Fsp3) is 0.583. The highest BCUT2D eigenvalue weighted by molar-refractivity contribution is 9.10. The van der Waals surface area contributed by atoms with E-state index in [0.29, 0.717) is 12.0 Å².